The number of para-hydroxylation sites is 3. The minimum absolute atomic E-state index is 1.18. The Hall–Kier alpha value is -4.62. The number of hydrogen-bond donors (Lipinski definition) is 0. The fraction of sp³-hybridized carbons (Fsp3) is 0. The van der Waals surface area contributed by atoms with Gasteiger partial charge in [0.15, 0.2) is 0 Å². The van der Waals surface area contributed by atoms with Crippen molar-refractivity contribution in [2.75, 3.05) is 0 Å². The molecule has 35 heavy (non-hydrogen) atoms. The zero-order valence-electron chi connectivity index (χ0n) is 19.2. The molecule has 7 aromatic rings. The molecule has 0 amide bonds. The second-order valence-corrected chi connectivity index (χ2v) is 8.99. The van der Waals surface area contributed by atoms with E-state index in [1.54, 1.807) is 0 Å². The molecule has 0 aliphatic heterocycles. The van der Waals surface area contributed by atoms with E-state index in [0.717, 1.165) is 0 Å². The Balaban J connectivity index is 1.45. The molecule has 0 fully saturated rings. The molecule has 0 unspecified atom stereocenters. The third-order valence-corrected chi connectivity index (χ3v) is 7.01. The van der Waals surface area contributed by atoms with Crippen LogP contribution in [0.2, 0.25) is 0 Å². The largest absolute Gasteiger partial charge is 0.309 e. The molecule has 7 rings (SSSR count). The summed E-state index contributed by atoms with van der Waals surface area (Å²) in [4.78, 5) is 0. The smallest absolute Gasteiger partial charge is 0.0619 e. The lowest BCUT2D eigenvalue weighted by Crippen LogP contribution is -1.95. The Bertz CT molecular complexity index is 1820. The van der Waals surface area contributed by atoms with E-state index in [2.05, 4.69) is 144 Å². The molecule has 0 aliphatic rings. The van der Waals surface area contributed by atoms with Gasteiger partial charge >= 0.3 is 0 Å². The van der Waals surface area contributed by atoms with E-state index in [0.29, 0.717) is 0 Å². The van der Waals surface area contributed by atoms with Gasteiger partial charge < -0.3 is 4.57 Å². The first-order chi connectivity index (χ1) is 17.4. The summed E-state index contributed by atoms with van der Waals surface area (Å²) < 4.78 is 2.40. The summed E-state index contributed by atoms with van der Waals surface area (Å²) >= 11 is 0. The standard InChI is InChI=1S/C34H23N/c1-2-12-27(13-3-1)35-33-19-7-6-15-31(33)32-18-9-17-30(34(32)35)26-22-20-25(21-23-26)29-16-8-11-24-10-4-5-14-28(24)29/h1-23H. The molecule has 1 heterocycles. The van der Waals surface area contributed by atoms with Crippen LogP contribution in [0.3, 0.4) is 0 Å². The highest BCUT2D eigenvalue weighted by molar-refractivity contribution is 6.13. The Labute approximate surface area is 204 Å². The summed E-state index contributed by atoms with van der Waals surface area (Å²) in [6.45, 7) is 0. The average molecular weight is 446 g/mol. The van der Waals surface area contributed by atoms with Crippen LogP contribution in [0, 0.1) is 0 Å². The minimum atomic E-state index is 1.18. The first kappa shape index (κ1) is 19.8. The summed E-state index contributed by atoms with van der Waals surface area (Å²) in [6.07, 6.45) is 0. The van der Waals surface area contributed by atoms with Gasteiger partial charge in [-0.15, -0.1) is 0 Å². The highest BCUT2D eigenvalue weighted by Gasteiger charge is 2.16. The normalized spacial score (nSPS) is 11.4. The monoisotopic (exact) mass is 445 g/mol. The molecule has 0 spiro atoms. The molecule has 0 radical (unpaired) electrons. The van der Waals surface area contributed by atoms with Gasteiger partial charge in [0.05, 0.1) is 11.0 Å². The van der Waals surface area contributed by atoms with E-state index in [-0.39, 0.29) is 0 Å². The lowest BCUT2D eigenvalue weighted by molar-refractivity contribution is 1.18. The van der Waals surface area contributed by atoms with E-state index < -0.39 is 0 Å². The Morgan fingerprint density at radius 3 is 1.77 bits per heavy atom. The predicted octanol–water partition coefficient (Wildman–Crippen LogP) is 9.27. The number of nitrogens with zero attached hydrogens (tertiary/aromatic N) is 1. The van der Waals surface area contributed by atoms with Gasteiger partial charge in [-0.3, -0.25) is 0 Å². The summed E-state index contributed by atoms with van der Waals surface area (Å²) in [5.41, 5.74) is 8.63. The number of benzene rings is 6. The van der Waals surface area contributed by atoms with Crippen LogP contribution in [-0.2, 0) is 0 Å². The van der Waals surface area contributed by atoms with E-state index in [1.165, 1.54) is 60.5 Å². The summed E-state index contributed by atoms with van der Waals surface area (Å²) in [5, 5.41) is 5.11. The van der Waals surface area contributed by atoms with Crippen molar-refractivity contribution in [3.63, 3.8) is 0 Å². The van der Waals surface area contributed by atoms with Crippen LogP contribution in [0.1, 0.15) is 0 Å². The lowest BCUT2D eigenvalue weighted by atomic mass is 9.95. The molecule has 164 valence electrons. The number of rotatable bonds is 3. The molecule has 1 heteroatoms. The summed E-state index contributed by atoms with van der Waals surface area (Å²) in [6, 6.07) is 50.2. The van der Waals surface area contributed by atoms with Gasteiger partial charge in [-0.25, -0.2) is 0 Å². The van der Waals surface area contributed by atoms with Crippen molar-refractivity contribution in [2.45, 2.75) is 0 Å². The third kappa shape index (κ3) is 3.17. The van der Waals surface area contributed by atoms with Gasteiger partial charge in [0.2, 0.25) is 0 Å². The molecular formula is C34H23N. The van der Waals surface area contributed by atoms with E-state index in [1.807, 2.05) is 0 Å². The van der Waals surface area contributed by atoms with Crippen molar-refractivity contribution in [2.24, 2.45) is 0 Å². The van der Waals surface area contributed by atoms with Crippen LogP contribution in [0.4, 0.5) is 0 Å². The number of fused-ring (bicyclic) bond motifs is 4. The lowest BCUT2D eigenvalue weighted by Gasteiger charge is -2.12. The molecule has 6 aromatic carbocycles. The zero-order chi connectivity index (χ0) is 23.2. The maximum atomic E-state index is 2.40. The van der Waals surface area contributed by atoms with Crippen molar-refractivity contribution in [1.82, 2.24) is 4.57 Å². The van der Waals surface area contributed by atoms with Crippen molar-refractivity contribution in [1.29, 1.82) is 0 Å². The number of hydrogen-bond acceptors (Lipinski definition) is 0. The Kier molecular flexibility index (Phi) is 4.53. The number of aromatic nitrogens is 1. The van der Waals surface area contributed by atoms with Crippen molar-refractivity contribution in [3.8, 4) is 27.9 Å². The third-order valence-electron chi connectivity index (χ3n) is 7.01. The molecule has 1 nitrogen and oxygen atoms in total. The second kappa shape index (κ2) is 8.00. The maximum Gasteiger partial charge on any atom is 0.0619 e. The Morgan fingerprint density at radius 1 is 0.371 bits per heavy atom. The first-order valence-electron chi connectivity index (χ1n) is 12.0. The van der Waals surface area contributed by atoms with Gasteiger partial charge in [0.25, 0.3) is 0 Å². The fourth-order valence-corrected chi connectivity index (χ4v) is 5.40. The van der Waals surface area contributed by atoms with Gasteiger partial charge in [-0.2, -0.15) is 0 Å². The van der Waals surface area contributed by atoms with E-state index in [9.17, 15) is 0 Å². The minimum Gasteiger partial charge on any atom is -0.309 e. The van der Waals surface area contributed by atoms with Gasteiger partial charge in [0, 0.05) is 22.0 Å². The SMILES string of the molecule is c1ccc(-n2c3ccccc3c3cccc(-c4ccc(-c5cccc6ccccc56)cc4)c32)cc1. The summed E-state index contributed by atoms with van der Waals surface area (Å²) in [5.74, 6) is 0. The highest BCUT2D eigenvalue weighted by atomic mass is 15.0. The zero-order valence-corrected chi connectivity index (χ0v) is 19.2. The molecule has 0 N–H and O–H groups in total. The van der Waals surface area contributed by atoms with Crippen molar-refractivity contribution in [3.05, 3.63) is 140 Å². The van der Waals surface area contributed by atoms with Gasteiger partial charge in [-0.1, -0.05) is 121 Å². The van der Waals surface area contributed by atoms with Crippen LogP contribution in [-0.4, -0.2) is 4.57 Å². The predicted molar refractivity (Wildman–Crippen MR) is 149 cm³/mol. The second-order valence-electron chi connectivity index (χ2n) is 8.99. The van der Waals surface area contributed by atoms with Gasteiger partial charge in [-0.05, 0) is 45.7 Å². The van der Waals surface area contributed by atoms with Crippen molar-refractivity contribution < 1.29 is 0 Å². The van der Waals surface area contributed by atoms with Crippen LogP contribution in [0.25, 0.3) is 60.5 Å². The molecule has 0 saturated carbocycles. The van der Waals surface area contributed by atoms with Crippen LogP contribution >= 0.6 is 0 Å². The maximum absolute atomic E-state index is 2.40. The molecular weight excluding hydrogens is 422 g/mol. The quantitative estimate of drug-likeness (QED) is 0.255. The van der Waals surface area contributed by atoms with Gasteiger partial charge in [0.1, 0.15) is 0 Å². The molecule has 0 aliphatic carbocycles. The molecule has 0 bridgehead atoms. The first-order valence-corrected chi connectivity index (χ1v) is 12.0. The fourth-order valence-electron chi connectivity index (χ4n) is 5.40. The van der Waals surface area contributed by atoms with Crippen LogP contribution < -0.4 is 0 Å². The Morgan fingerprint density at radius 2 is 0.943 bits per heavy atom. The highest BCUT2D eigenvalue weighted by Crippen LogP contribution is 2.38. The molecule has 0 saturated heterocycles. The molecule has 0 atom stereocenters. The molecule has 1 aromatic heterocycles. The van der Waals surface area contributed by atoms with Crippen LogP contribution in [0.5, 0.6) is 0 Å². The average Bonchev–Trinajstić information content (AvgIpc) is 3.28. The van der Waals surface area contributed by atoms with E-state index in [4.69, 9.17) is 0 Å². The van der Waals surface area contributed by atoms with Crippen LogP contribution in [0.15, 0.2) is 140 Å². The van der Waals surface area contributed by atoms with E-state index >= 15 is 0 Å². The van der Waals surface area contributed by atoms with Crippen molar-refractivity contribution >= 4 is 32.6 Å². The summed E-state index contributed by atoms with van der Waals surface area (Å²) in [7, 11) is 0. The topological polar surface area (TPSA) is 4.93 Å².